The molecule has 0 aliphatic rings. The number of hydrogen-bond donors (Lipinski definition) is 1. The number of hydrogen-bond acceptors (Lipinski definition) is 4. The van der Waals surface area contributed by atoms with Crippen molar-refractivity contribution < 1.29 is 9.21 Å². The normalized spacial score (nSPS) is 11.4. The van der Waals surface area contributed by atoms with E-state index in [9.17, 15) is 4.79 Å². The number of anilines is 1. The van der Waals surface area contributed by atoms with Crippen molar-refractivity contribution >= 4 is 51.9 Å². The van der Waals surface area contributed by atoms with E-state index in [1.807, 2.05) is 50.2 Å². The molecule has 0 aliphatic carbocycles. The molecule has 1 amide bonds. The molecule has 0 saturated carbocycles. The molecule has 0 saturated heterocycles. The van der Waals surface area contributed by atoms with Crippen molar-refractivity contribution in [3.63, 3.8) is 0 Å². The molecular formula is C27H20Cl2N4O2. The van der Waals surface area contributed by atoms with Gasteiger partial charge in [-0.15, -0.1) is 10.2 Å². The van der Waals surface area contributed by atoms with E-state index in [1.54, 1.807) is 41.2 Å². The van der Waals surface area contributed by atoms with Crippen LogP contribution in [-0.2, 0) is 4.79 Å². The van der Waals surface area contributed by atoms with E-state index in [-0.39, 0.29) is 5.91 Å². The molecule has 174 valence electrons. The van der Waals surface area contributed by atoms with Gasteiger partial charge in [0.15, 0.2) is 0 Å². The lowest BCUT2D eigenvalue weighted by Gasteiger charge is -2.05. The molecule has 0 fully saturated rings. The molecule has 8 heteroatoms. The van der Waals surface area contributed by atoms with E-state index < -0.39 is 0 Å². The lowest BCUT2D eigenvalue weighted by molar-refractivity contribution is -0.111. The second kappa shape index (κ2) is 9.41. The number of halogens is 2. The van der Waals surface area contributed by atoms with Crippen molar-refractivity contribution in [1.29, 1.82) is 0 Å². The first-order chi connectivity index (χ1) is 16.8. The van der Waals surface area contributed by atoms with Crippen molar-refractivity contribution in [3.8, 4) is 17.0 Å². The Hall–Kier alpha value is -3.87. The lowest BCUT2D eigenvalue weighted by atomic mass is 10.1. The van der Waals surface area contributed by atoms with Gasteiger partial charge in [-0.2, -0.15) is 4.80 Å². The topological polar surface area (TPSA) is 73.0 Å². The molecule has 5 rings (SSSR count). The van der Waals surface area contributed by atoms with Crippen LogP contribution in [0.4, 0.5) is 5.69 Å². The summed E-state index contributed by atoms with van der Waals surface area (Å²) >= 11 is 12.1. The van der Waals surface area contributed by atoms with Gasteiger partial charge < -0.3 is 9.73 Å². The number of aryl methyl sites for hydroxylation is 2. The van der Waals surface area contributed by atoms with Gasteiger partial charge in [-0.05, 0) is 80.1 Å². The zero-order valence-corrected chi connectivity index (χ0v) is 20.4. The van der Waals surface area contributed by atoms with Crippen LogP contribution in [0.2, 0.25) is 10.0 Å². The van der Waals surface area contributed by atoms with Gasteiger partial charge >= 0.3 is 0 Å². The lowest BCUT2D eigenvalue weighted by Crippen LogP contribution is -2.08. The van der Waals surface area contributed by atoms with Gasteiger partial charge in [0.25, 0.3) is 0 Å². The van der Waals surface area contributed by atoms with Crippen LogP contribution in [0.15, 0.2) is 77.2 Å². The number of carbonyl (C=O) groups is 1. The Morgan fingerprint density at radius 3 is 2.31 bits per heavy atom. The van der Waals surface area contributed by atoms with Crippen molar-refractivity contribution in [3.05, 3.63) is 99.7 Å². The smallest absolute Gasteiger partial charge is 0.248 e. The van der Waals surface area contributed by atoms with Gasteiger partial charge in [-0.25, -0.2) is 0 Å². The minimum atomic E-state index is -0.290. The fraction of sp³-hybridized carbons (Fsp3) is 0.0741. The molecule has 0 spiro atoms. The van der Waals surface area contributed by atoms with E-state index in [0.29, 0.717) is 32.8 Å². The van der Waals surface area contributed by atoms with Gasteiger partial charge in [0.2, 0.25) is 5.91 Å². The largest absolute Gasteiger partial charge is 0.457 e. The number of nitrogens with one attached hydrogen (secondary N) is 1. The third-order valence-corrected chi connectivity index (χ3v) is 5.86. The maximum absolute atomic E-state index is 12.6. The number of rotatable bonds is 5. The molecular weight excluding hydrogens is 483 g/mol. The third kappa shape index (κ3) is 5.14. The molecule has 1 N–H and O–H groups in total. The molecule has 0 aliphatic heterocycles. The number of nitrogens with zero attached hydrogens (tertiary/aromatic N) is 3. The second-order valence-corrected chi connectivity index (χ2v) is 9.04. The summed E-state index contributed by atoms with van der Waals surface area (Å²) in [7, 11) is 0. The highest BCUT2D eigenvalue weighted by Gasteiger charge is 2.11. The van der Waals surface area contributed by atoms with Gasteiger partial charge in [0, 0.05) is 27.4 Å². The first-order valence-electron chi connectivity index (χ1n) is 10.8. The maximum Gasteiger partial charge on any atom is 0.248 e. The SMILES string of the molecule is Cc1ccc(-n2nc3cc(C)c(NC(=O)/C=C/c4ccc(-c5cc(Cl)cc(Cl)c5)o4)cc3n2)cc1. The Morgan fingerprint density at radius 2 is 1.60 bits per heavy atom. The maximum atomic E-state index is 12.6. The number of benzene rings is 3. The monoisotopic (exact) mass is 502 g/mol. The number of fused-ring (bicyclic) bond motifs is 1. The molecule has 35 heavy (non-hydrogen) atoms. The summed E-state index contributed by atoms with van der Waals surface area (Å²) < 4.78 is 5.81. The summed E-state index contributed by atoms with van der Waals surface area (Å²) in [6.07, 6.45) is 3.02. The molecule has 2 aromatic heterocycles. The molecule has 6 nitrogen and oxygen atoms in total. The second-order valence-electron chi connectivity index (χ2n) is 8.16. The Morgan fingerprint density at radius 1 is 0.914 bits per heavy atom. The third-order valence-electron chi connectivity index (χ3n) is 5.42. The Bertz CT molecular complexity index is 1560. The number of carbonyl (C=O) groups excluding carboxylic acids is 1. The molecule has 3 aromatic carbocycles. The Balaban J connectivity index is 1.32. The van der Waals surface area contributed by atoms with Crippen LogP contribution in [0.25, 0.3) is 34.1 Å². The van der Waals surface area contributed by atoms with E-state index >= 15 is 0 Å². The molecule has 0 atom stereocenters. The van der Waals surface area contributed by atoms with E-state index in [1.165, 1.54) is 11.6 Å². The summed E-state index contributed by atoms with van der Waals surface area (Å²) in [6, 6.07) is 20.4. The van der Waals surface area contributed by atoms with Gasteiger partial charge in [-0.3, -0.25) is 4.79 Å². The average Bonchev–Trinajstić information content (AvgIpc) is 3.45. The van der Waals surface area contributed by atoms with Crippen LogP contribution in [0, 0.1) is 13.8 Å². The summed E-state index contributed by atoms with van der Waals surface area (Å²) in [5.41, 5.74) is 5.78. The summed E-state index contributed by atoms with van der Waals surface area (Å²) in [5.74, 6) is 0.842. The molecule has 0 unspecified atom stereocenters. The summed E-state index contributed by atoms with van der Waals surface area (Å²) in [4.78, 5) is 14.2. The number of amides is 1. The van der Waals surface area contributed by atoms with E-state index in [2.05, 4.69) is 15.5 Å². The standard InChI is InChI=1S/C27H20Cl2N4O2/c1-16-3-5-21(6-4-16)33-31-24-11-17(2)23(15-25(24)32-33)30-27(34)10-8-22-7-9-26(35-22)18-12-19(28)14-20(29)13-18/h3-15H,1-2H3,(H,30,34)/b10-8+. The quantitative estimate of drug-likeness (QED) is 0.256. The van der Waals surface area contributed by atoms with Crippen molar-refractivity contribution in [2.45, 2.75) is 13.8 Å². The Kier molecular flexibility index (Phi) is 6.16. The molecule has 0 radical (unpaired) electrons. The van der Waals surface area contributed by atoms with Gasteiger partial charge in [-0.1, -0.05) is 40.9 Å². The van der Waals surface area contributed by atoms with Crippen molar-refractivity contribution in [2.24, 2.45) is 0 Å². The van der Waals surface area contributed by atoms with E-state index in [0.717, 1.165) is 22.3 Å². The van der Waals surface area contributed by atoms with E-state index in [4.69, 9.17) is 27.6 Å². The zero-order valence-electron chi connectivity index (χ0n) is 18.9. The summed E-state index contributed by atoms with van der Waals surface area (Å²) in [5, 5.41) is 13.1. The highest BCUT2D eigenvalue weighted by Crippen LogP contribution is 2.29. The van der Waals surface area contributed by atoms with Gasteiger partial charge in [0.05, 0.1) is 5.69 Å². The molecule has 0 bridgehead atoms. The van der Waals surface area contributed by atoms with Crippen molar-refractivity contribution in [2.75, 3.05) is 5.32 Å². The van der Waals surface area contributed by atoms with Crippen LogP contribution < -0.4 is 5.32 Å². The van der Waals surface area contributed by atoms with Gasteiger partial charge in [0.1, 0.15) is 22.6 Å². The minimum absolute atomic E-state index is 0.290. The fourth-order valence-corrected chi connectivity index (χ4v) is 4.15. The number of furan rings is 1. The predicted octanol–water partition coefficient (Wildman–Crippen LogP) is 7.26. The van der Waals surface area contributed by atoms with Crippen LogP contribution in [0.1, 0.15) is 16.9 Å². The Labute approximate surface area is 211 Å². The predicted molar refractivity (Wildman–Crippen MR) is 140 cm³/mol. The first-order valence-corrected chi connectivity index (χ1v) is 11.6. The van der Waals surface area contributed by atoms with Crippen LogP contribution in [0.3, 0.4) is 0 Å². The van der Waals surface area contributed by atoms with Crippen molar-refractivity contribution in [1.82, 2.24) is 15.0 Å². The summed E-state index contributed by atoms with van der Waals surface area (Å²) in [6.45, 7) is 3.95. The van der Waals surface area contributed by atoms with Crippen LogP contribution in [0.5, 0.6) is 0 Å². The molecule has 2 heterocycles. The average molecular weight is 503 g/mol. The number of aromatic nitrogens is 3. The fourth-order valence-electron chi connectivity index (χ4n) is 3.62. The highest BCUT2D eigenvalue weighted by molar-refractivity contribution is 6.35. The molecule has 5 aromatic rings. The first kappa shape index (κ1) is 22.9. The van der Waals surface area contributed by atoms with Crippen LogP contribution in [-0.4, -0.2) is 20.9 Å². The van der Waals surface area contributed by atoms with Crippen LogP contribution >= 0.6 is 23.2 Å². The minimum Gasteiger partial charge on any atom is -0.457 e. The highest BCUT2D eigenvalue weighted by atomic mass is 35.5. The zero-order chi connectivity index (χ0) is 24.5.